The molecule has 0 saturated heterocycles. The monoisotopic (exact) mass is 158 g/mol. The van der Waals surface area contributed by atoms with Crippen LogP contribution in [0.3, 0.4) is 0 Å². The molecule has 3 heteroatoms. The second kappa shape index (κ2) is 5.92. The van der Waals surface area contributed by atoms with Crippen molar-refractivity contribution < 1.29 is 14.6 Å². The molecule has 0 fully saturated rings. The van der Waals surface area contributed by atoms with Gasteiger partial charge in [-0.3, -0.25) is 0 Å². The number of hydrogen-bond acceptors (Lipinski definition) is 3. The van der Waals surface area contributed by atoms with E-state index in [2.05, 4.69) is 4.74 Å². The number of aliphatic hydroxyl groups is 1. The molecule has 0 spiro atoms. The van der Waals surface area contributed by atoms with Crippen molar-refractivity contribution in [1.29, 1.82) is 0 Å². The molecule has 0 rings (SSSR count). The molecule has 11 heavy (non-hydrogen) atoms. The summed E-state index contributed by atoms with van der Waals surface area (Å²) in [5.41, 5.74) is 0.556. The average molecular weight is 158 g/mol. The Morgan fingerprint density at radius 1 is 1.64 bits per heavy atom. The van der Waals surface area contributed by atoms with Gasteiger partial charge in [-0.05, 0) is 13.3 Å². The first-order chi connectivity index (χ1) is 5.22. The van der Waals surface area contributed by atoms with E-state index in [9.17, 15) is 4.79 Å². The Hall–Kier alpha value is -0.830. The lowest BCUT2D eigenvalue weighted by Crippen LogP contribution is -2.06. The number of hydrogen-bond donors (Lipinski definition) is 1. The van der Waals surface area contributed by atoms with Crippen molar-refractivity contribution in [3.63, 3.8) is 0 Å². The summed E-state index contributed by atoms with van der Waals surface area (Å²) in [6, 6.07) is 0. The van der Waals surface area contributed by atoms with Crippen molar-refractivity contribution in [2.24, 2.45) is 0 Å². The van der Waals surface area contributed by atoms with Gasteiger partial charge in [-0.15, -0.1) is 0 Å². The van der Waals surface area contributed by atoms with E-state index in [1.165, 1.54) is 0 Å². The fourth-order valence-electron chi connectivity index (χ4n) is 0.617. The molecule has 0 atom stereocenters. The van der Waals surface area contributed by atoms with Crippen LogP contribution in [0.15, 0.2) is 11.6 Å². The minimum atomic E-state index is -0.545. The summed E-state index contributed by atoms with van der Waals surface area (Å²) in [5, 5.41) is 8.24. The molecule has 0 aliphatic carbocycles. The van der Waals surface area contributed by atoms with E-state index in [0.717, 1.165) is 12.8 Å². The van der Waals surface area contributed by atoms with E-state index in [-0.39, 0.29) is 0 Å². The van der Waals surface area contributed by atoms with Gasteiger partial charge in [-0.25, -0.2) is 4.79 Å². The first-order valence-electron chi connectivity index (χ1n) is 3.67. The maximum absolute atomic E-state index is 10.8. The van der Waals surface area contributed by atoms with Gasteiger partial charge in [0.2, 0.25) is 0 Å². The highest BCUT2D eigenvalue weighted by molar-refractivity contribution is 5.87. The molecule has 64 valence electrons. The zero-order valence-corrected chi connectivity index (χ0v) is 6.96. The fourth-order valence-corrected chi connectivity index (χ4v) is 0.617. The molecule has 0 unspecified atom stereocenters. The van der Waals surface area contributed by atoms with E-state index in [1.807, 2.05) is 6.92 Å². The normalized spacial score (nSPS) is 11.4. The Balaban J connectivity index is 3.80. The van der Waals surface area contributed by atoms with Gasteiger partial charge in [-0.1, -0.05) is 19.4 Å². The summed E-state index contributed by atoms with van der Waals surface area (Å²) in [4.78, 5) is 10.8. The zero-order chi connectivity index (χ0) is 8.69. The highest BCUT2D eigenvalue weighted by atomic mass is 16.6. The number of ether oxygens (including phenoxy) is 1. The van der Waals surface area contributed by atoms with Crippen molar-refractivity contribution >= 4 is 5.97 Å². The molecule has 0 saturated carbocycles. The lowest BCUT2D eigenvalue weighted by atomic mass is 10.2. The molecule has 0 aromatic heterocycles. The summed E-state index contributed by atoms with van der Waals surface area (Å²) in [6.45, 7) is 3.16. The number of unbranched alkanes of at least 4 members (excludes halogenated alkanes) is 1. The Morgan fingerprint density at radius 2 is 2.27 bits per heavy atom. The van der Waals surface area contributed by atoms with Crippen molar-refractivity contribution in [2.45, 2.75) is 26.7 Å². The number of esters is 1. The van der Waals surface area contributed by atoms with Gasteiger partial charge in [0.05, 0.1) is 0 Å². The molecule has 0 radical (unpaired) electrons. The van der Waals surface area contributed by atoms with Gasteiger partial charge in [0.25, 0.3) is 0 Å². The number of carbonyl (C=O) groups is 1. The number of carbonyl (C=O) groups excluding carboxylic acids is 1. The second-order valence-electron chi connectivity index (χ2n) is 2.24. The molecule has 3 nitrogen and oxygen atoms in total. The summed E-state index contributed by atoms with van der Waals surface area (Å²) in [5.74, 6) is -0.444. The Kier molecular flexibility index (Phi) is 5.47. The van der Waals surface area contributed by atoms with Gasteiger partial charge >= 0.3 is 5.97 Å². The molecule has 0 heterocycles. The predicted molar refractivity (Wildman–Crippen MR) is 41.8 cm³/mol. The minimum absolute atomic E-state index is 0.444. The van der Waals surface area contributed by atoms with E-state index < -0.39 is 12.8 Å². The van der Waals surface area contributed by atoms with Crippen LogP contribution in [0.2, 0.25) is 0 Å². The highest BCUT2D eigenvalue weighted by Crippen LogP contribution is 1.99. The van der Waals surface area contributed by atoms with E-state index in [4.69, 9.17) is 5.11 Å². The van der Waals surface area contributed by atoms with Crippen LogP contribution in [0.1, 0.15) is 26.7 Å². The summed E-state index contributed by atoms with van der Waals surface area (Å²) < 4.78 is 4.35. The van der Waals surface area contributed by atoms with Gasteiger partial charge in [-0.2, -0.15) is 0 Å². The Morgan fingerprint density at radius 3 is 2.73 bits per heavy atom. The number of rotatable bonds is 4. The molecule has 1 N–H and O–H groups in total. The smallest absolute Gasteiger partial charge is 0.335 e. The van der Waals surface area contributed by atoms with Crippen LogP contribution >= 0.6 is 0 Å². The zero-order valence-electron chi connectivity index (χ0n) is 6.96. The van der Waals surface area contributed by atoms with Crippen molar-refractivity contribution in [3.05, 3.63) is 11.6 Å². The van der Waals surface area contributed by atoms with E-state index in [0.29, 0.717) is 5.57 Å². The standard InChI is InChI=1S/C8H14O3/c1-3-4-5-7(2)8(10)11-6-9/h5,9H,3-4,6H2,1-2H3. The van der Waals surface area contributed by atoms with Crippen LogP contribution in [-0.2, 0) is 9.53 Å². The van der Waals surface area contributed by atoms with E-state index >= 15 is 0 Å². The van der Waals surface area contributed by atoms with Crippen LogP contribution in [0, 0.1) is 0 Å². The van der Waals surface area contributed by atoms with Gasteiger partial charge in [0.15, 0.2) is 6.79 Å². The SMILES string of the molecule is CCCC=C(C)C(=O)OCO. The minimum Gasteiger partial charge on any atom is -0.435 e. The maximum atomic E-state index is 10.8. The molecule has 0 amide bonds. The summed E-state index contributed by atoms with van der Waals surface area (Å²) >= 11 is 0. The van der Waals surface area contributed by atoms with Crippen LogP contribution in [0.5, 0.6) is 0 Å². The van der Waals surface area contributed by atoms with Gasteiger partial charge in [0, 0.05) is 5.57 Å². The van der Waals surface area contributed by atoms with Crippen LogP contribution in [0.4, 0.5) is 0 Å². The molecular formula is C8H14O3. The van der Waals surface area contributed by atoms with Crippen molar-refractivity contribution in [1.82, 2.24) is 0 Å². The molecule has 0 aromatic carbocycles. The number of allylic oxidation sites excluding steroid dienone is 1. The van der Waals surface area contributed by atoms with Crippen molar-refractivity contribution in [2.75, 3.05) is 6.79 Å². The van der Waals surface area contributed by atoms with Gasteiger partial charge < -0.3 is 9.84 Å². The van der Waals surface area contributed by atoms with Crippen LogP contribution in [0.25, 0.3) is 0 Å². The second-order valence-corrected chi connectivity index (χ2v) is 2.24. The first kappa shape index (κ1) is 10.2. The summed E-state index contributed by atoms with van der Waals surface area (Å²) in [6.07, 6.45) is 3.67. The van der Waals surface area contributed by atoms with Crippen LogP contribution < -0.4 is 0 Å². The maximum Gasteiger partial charge on any atom is 0.335 e. The number of aliphatic hydroxyl groups excluding tert-OH is 1. The summed E-state index contributed by atoms with van der Waals surface area (Å²) in [7, 11) is 0. The quantitative estimate of drug-likeness (QED) is 0.380. The van der Waals surface area contributed by atoms with Crippen LogP contribution in [-0.4, -0.2) is 17.9 Å². The fraction of sp³-hybridized carbons (Fsp3) is 0.625. The lowest BCUT2D eigenvalue weighted by molar-refractivity contribution is -0.146. The molecular weight excluding hydrogens is 144 g/mol. The molecule has 0 aliphatic rings. The first-order valence-corrected chi connectivity index (χ1v) is 3.67. The largest absolute Gasteiger partial charge is 0.435 e. The average Bonchev–Trinajstić information content (AvgIpc) is 2.00. The third kappa shape index (κ3) is 4.56. The Bertz CT molecular complexity index is 149. The lowest BCUT2D eigenvalue weighted by Gasteiger charge is -1.99. The third-order valence-corrected chi connectivity index (χ3v) is 1.26. The highest BCUT2D eigenvalue weighted by Gasteiger charge is 2.02. The molecule has 0 bridgehead atoms. The molecule has 0 aromatic rings. The predicted octanol–water partition coefficient (Wildman–Crippen LogP) is 1.23. The molecule has 0 aliphatic heterocycles. The third-order valence-electron chi connectivity index (χ3n) is 1.26. The topological polar surface area (TPSA) is 46.5 Å². The Labute approximate surface area is 66.7 Å². The van der Waals surface area contributed by atoms with Gasteiger partial charge in [0.1, 0.15) is 0 Å². The van der Waals surface area contributed by atoms with E-state index in [1.54, 1.807) is 13.0 Å². The van der Waals surface area contributed by atoms with Crippen molar-refractivity contribution in [3.8, 4) is 0 Å².